The van der Waals surface area contributed by atoms with Gasteiger partial charge in [-0.15, -0.1) is 10.2 Å². The first kappa shape index (κ1) is 16.1. The van der Waals surface area contributed by atoms with Gasteiger partial charge in [-0.25, -0.2) is 8.42 Å². The van der Waals surface area contributed by atoms with Crippen molar-refractivity contribution in [2.45, 2.75) is 13.0 Å². The number of aromatic nitrogens is 2. The van der Waals surface area contributed by atoms with E-state index in [1.807, 2.05) is 37.3 Å². The van der Waals surface area contributed by atoms with Crippen LogP contribution in [0.15, 0.2) is 34.7 Å². The molecule has 23 heavy (non-hydrogen) atoms. The second-order valence-corrected chi connectivity index (χ2v) is 7.67. The van der Waals surface area contributed by atoms with E-state index >= 15 is 0 Å². The van der Waals surface area contributed by atoms with Crippen molar-refractivity contribution in [2.75, 3.05) is 32.4 Å². The highest BCUT2D eigenvalue weighted by Crippen LogP contribution is 2.24. The van der Waals surface area contributed by atoms with E-state index in [1.165, 1.54) is 10.6 Å². The Hall–Kier alpha value is -1.77. The number of piperazine rings is 1. The maximum atomic E-state index is 11.6. The van der Waals surface area contributed by atoms with Gasteiger partial charge in [0.15, 0.2) is 0 Å². The van der Waals surface area contributed by atoms with E-state index in [0.717, 1.165) is 5.56 Å². The van der Waals surface area contributed by atoms with Crippen molar-refractivity contribution in [1.29, 1.82) is 0 Å². The van der Waals surface area contributed by atoms with Crippen LogP contribution in [0, 0.1) is 0 Å². The van der Waals surface area contributed by atoms with Gasteiger partial charge < -0.3 is 4.42 Å². The largest absolute Gasteiger partial charge is 0.419 e. The fourth-order valence-electron chi connectivity index (χ4n) is 2.68. The van der Waals surface area contributed by atoms with E-state index in [-0.39, 0.29) is 6.04 Å². The predicted octanol–water partition coefficient (Wildman–Crippen LogP) is 1.37. The van der Waals surface area contributed by atoms with Crippen LogP contribution in [0.3, 0.4) is 0 Å². The van der Waals surface area contributed by atoms with Crippen molar-refractivity contribution in [2.24, 2.45) is 0 Å². The maximum absolute atomic E-state index is 11.6. The summed E-state index contributed by atoms with van der Waals surface area (Å²) < 4.78 is 30.4. The van der Waals surface area contributed by atoms with Crippen molar-refractivity contribution in [3.05, 3.63) is 36.2 Å². The number of benzene rings is 1. The predicted molar refractivity (Wildman–Crippen MR) is 86.1 cm³/mol. The van der Waals surface area contributed by atoms with Crippen LogP contribution in [0.4, 0.5) is 0 Å². The zero-order chi connectivity index (χ0) is 16.4. The molecule has 1 fully saturated rings. The molecule has 3 rings (SSSR count). The Morgan fingerprint density at radius 2 is 1.74 bits per heavy atom. The maximum Gasteiger partial charge on any atom is 0.247 e. The summed E-state index contributed by atoms with van der Waals surface area (Å²) in [5.41, 5.74) is 0.889. The standard InChI is InChI=1S/C15H20N4O3S/c1-12(18-8-10-19(11-9-18)23(2,20)21)14-16-17-15(22-14)13-6-4-3-5-7-13/h3-7,12H,8-11H2,1-2H3/t12-/m1/s1. The summed E-state index contributed by atoms with van der Waals surface area (Å²) in [4.78, 5) is 2.16. The van der Waals surface area contributed by atoms with Crippen molar-refractivity contribution >= 4 is 10.0 Å². The molecule has 8 heteroatoms. The third-order valence-electron chi connectivity index (χ3n) is 4.11. The first-order valence-corrected chi connectivity index (χ1v) is 9.38. The Balaban J connectivity index is 1.68. The zero-order valence-corrected chi connectivity index (χ0v) is 14.0. The van der Waals surface area contributed by atoms with Crippen molar-refractivity contribution in [3.8, 4) is 11.5 Å². The van der Waals surface area contributed by atoms with E-state index in [4.69, 9.17) is 4.42 Å². The lowest BCUT2D eigenvalue weighted by Crippen LogP contribution is -2.48. The van der Waals surface area contributed by atoms with Crippen LogP contribution in [0.25, 0.3) is 11.5 Å². The summed E-state index contributed by atoms with van der Waals surface area (Å²) in [5, 5.41) is 8.25. The molecule has 0 aliphatic carbocycles. The number of nitrogens with zero attached hydrogens (tertiary/aromatic N) is 4. The Bertz CT molecular complexity index is 752. The second kappa shape index (κ2) is 6.38. The molecular weight excluding hydrogens is 316 g/mol. The zero-order valence-electron chi connectivity index (χ0n) is 13.2. The number of hydrogen-bond acceptors (Lipinski definition) is 6. The SMILES string of the molecule is C[C@H](c1nnc(-c2ccccc2)o1)N1CCN(S(C)(=O)=O)CC1. The van der Waals surface area contributed by atoms with Gasteiger partial charge in [-0.1, -0.05) is 18.2 Å². The first-order valence-electron chi connectivity index (χ1n) is 7.53. The molecule has 1 aromatic carbocycles. The van der Waals surface area contributed by atoms with Crippen LogP contribution in [0.2, 0.25) is 0 Å². The molecule has 1 aromatic heterocycles. The molecule has 0 unspecified atom stereocenters. The average Bonchev–Trinajstić information content (AvgIpc) is 3.04. The molecule has 0 spiro atoms. The monoisotopic (exact) mass is 336 g/mol. The average molecular weight is 336 g/mol. The molecule has 2 heterocycles. The molecule has 0 N–H and O–H groups in total. The lowest BCUT2D eigenvalue weighted by Gasteiger charge is -2.35. The molecule has 1 atom stereocenters. The number of rotatable bonds is 4. The lowest BCUT2D eigenvalue weighted by molar-refractivity contribution is 0.130. The Morgan fingerprint density at radius 3 is 2.35 bits per heavy atom. The summed E-state index contributed by atoms with van der Waals surface area (Å²) in [7, 11) is -3.12. The fourth-order valence-corrected chi connectivity index (χ4v) is 3.51. The van der Waals surface area contributed by atoms with E-state index in [2.05, 4.69) is 15.1 Å². The summed E-state index contributed by atoms with van der Waals surface area (Å²) >= 11 is 0. The summed E-state index contributed by atoms with van der Waals surface area (Å²) in [6, 6.07) is 9.59. The normalized spacial score (nSPS) is 18.9. The Morgan fingerprint density at radius 1 is 1.09 bits per heavy atom. The highest BCUT2D eigenvalue weighted by Gasteiger charge is 2.28. The smallest absolute Gasteiger partial charge is 0.247 e. The van der Waals surface area contributed by atoms with Crippen LogP contribution >= 0.6 is 0 Å². The third kappa shape index (κ3) is 3.60. The first-order chi connectivity index (χ1) is 10.9. The van der Waals surface area contributed by atoms with E-state index in [9.17, 15) is 8.42 Å². The van der Waals surface area contributed by atoms with Crippen molar-refractivity contribution in [1.82, 2.24) is 19.4 Å². The van der Waals surface area contributed by atoms with Gasteiger partial charge in [0, 0.05) is 31.7 Å². The second-order valence-electron chi connectivity index (χ2n) is 5.69. The summed E-state index contributed by atoms with van der Waals surface area (Å²) in [6.45, 7) is 4.28. The van der Waals surface area contributed by atoms with Crippen molar-refractivity contribution in [3.63, 3.8) is 0 Å². The van der Waals surface area contributed by atoms with E-state index in [0.29, 0.717) is 38.0 Å². The van der Waals surface area contributed by atoms with Crippen molar-refractivity contribution < 1.29 is 12.8 Å². The quantitative estimate of drug-likeness (QED) is 0.839. The summed E-state index contributed by atoms with van der Waals surface area (Å²) in [5.74, 6) is 1.05. The van der Waals surface area contributed by atoms with Crippen LogP contribution in [-0.2, 0) is 10.0 Å². The number of sulfonamides is 1. The molecule has 0 radical (unpaired) electrons. The molecule has 124 valence electrons. The highest BCUT2D eigenvalue weighted by molar-refractivity contribution is 7.88. The van der Waals surface area contributed by atoms with Gasteiger partial charge >= 0.3 is 0 Å². The minimum atomic E-state index is -3.12. The Kier molecular flexibility index (Phi) is 4.47. The van der Waals surface area contributed by atoms with Gasteiger partial charge in [0.25, 0.3) is 0 Å². The van der Waals surface area contributed by atoms with E-state index in [1.54, 1.807) is 0 Å². The van der Waals surface area contributed by atoms with Gasteiger partial charge in [0.2, 0.25) is 21.8 Å². The van der Waals surface area contributed by atoms with Crippen LogP contribution in [0.1, 0.15) is 18.9 Å². The van der Waals surface area contributed by atoms with Gasteiger partial charge in [-0.2, -0.15) is 4.31 Å². The molecule has 7 nitrogen and oxygen atoms in total. The van der Waals surface area contributed by atoms with Gasteiger partial charge in [0.1, 0.15) is 0 Å². The molecule has 0 saturated carbocycles. The molecule has 1 aliphatic rings. The van der Waals surface area contributed by atoms with Crippen LogP contribution < -0.4 is 0 Å². The third-order valence-corrected chi connectivity index (χ3v) is 5.41. The van der Waals surface area contributed by atoms with Gasteiger partial charge in [-0.05, 0) is 19.1 Å². The lowest BCUT2D eigenvalue weighted by atomic mass is 10.2. The Labute approximate surface area is 136 Å². The van der Waals surface area contributed by atoms with Crippen LogP contribution in [0.5, 0.6) is 0 Å². The molecule has 1 aliphatic heterocycles. The minimum absolute atomic E-state index is 0.0401. The fraction of sp³-hybridized carbons (Fsp3) is 0.467. The molecule has 1 saturated heterocycles. The summed E-state index contributed by atoms with van der Waals surface area (Å²) in [6.07, 6.45) is 1.25. The molecule has 2 aromatic rings. The molecular formula is C15H20N4O3S. The topological polar surface area (TPSA) is 79.5 Å². The highest BCUT2D eigenvalue weighted by atomic mass is 32.2. The number of hydrogen-bond donors (Lipinski definition) is 0. The minimum Gasteiger partial charge on any atom is -0.419 e. The van der Waals surface area contributed by atoms with E-state index < -0.39 is 10.0 Å². The molecule has 0 bridgehead atoms. The van der Waals surface area contributed by atoms with Gasteiger partial charge in [0.05, 0.1) is 12.3 Å². The molecule has 0 amide bonds. The van der Waals surface area contributed by atoms with Gasteiger partial charge in [-0.3, -0.25) is 4.90 Å². The van der Waals surface area contributed by atoms with Crippen LogP contribution in [-0.4, -0.2) is 60.3 Å².